The van der Waals surface area contributed by atoms with Gasteiger partial charge in [0.2, 0.25) is 0 Å². The Morgan fingerprint density at radius 1 is 0.766 bits per heavy atom. The van der Waals surface area contributed by atoms with Gasteiger partial charge in [-0.25, -0.2) is 9.59 Å². The van der Waals surface area contributed by atoms with Crippen LogP contribution in [0.2, 0.25) is 0 Å². The summed E-state index contributed by atoms with van der Waals surface area (Å²) in [4.78, 5) is 41.3. The summed E-state index contributed by atoms with van der Waals surface area (Å²) in [6, 6.07) is 24.5. The first-order valence-electron chi connectivity index (χ1n) is 15.7. The van der Waals surface area contributed by atoms with Crippen molar-refractivity contribution in [1.29, 1.82) is 0 Å². The number of carboxylic acid groups (broad SMARTS) is 1. The van der Waals surface area contributed by atoms with Gasteiger partial charge in [0, 0.05) is 33.6 Å². The summed E-state index contributed by atoms with van der Waals surface area (Å²) in [5.41, 5.74) is 8.71. The van der Waals surface area contributed by atoms with E-state index in [4.69, 9.17) is 4.74 Å². The normalized spacial score (nSPS) is 17.0. The van der Waals surface area contributed by atoms with Crippen LogP contribution in [0.25, 0.3) is 22.1 Å². The second-order valence-corrected chi connectivity index (χ2v) is 14.0. The van der Waals surface area contributed by atoms with Crippen molar-refractivity contribution in [2.24, 2.45) is 0 Å². The van der Waals surface area contributed by atoms with E-state index in [1.807, 2.05) is 35.7 Å². The van der Waals surface area contributed by atoms with E-state index in [1.54, 1.807) is 18.5 Å². The van der Waals surface area contributed by atoms with Crippen LogP contribution < -0.4 is 0 Å². The maximum Gasteiger partial charge on any atom is 0.340 e. The topological polar surface area (TPSA) is 121 Å². The number of H-pyrrole nitrogens is 2. The summed E-state index contributed by atoms with van der Waals surface area (Å²) >= 11 is 3.85. The van der Waals surface area contributed by atoms with Crippen LogP contribution >= 0.6 is 23.5 Å². The number of esters is 1. The minimum Gasteiger partial charge on any atom is -0.478 e. The van der Waals surface area contributed by atoms with Crippen LogP contribution in [0.15, 0.2) is 95.0 Å². The fourth-order valence-electron chi connectivity index (χ4n) is 6.63. The molecule has 47 heavy (non-hydrogen) atoms. The van der Waals surface area contributed by atoms with Gasteiger partial charge in [-0.15, -0.1) is 23.5 Å². The lowest BCUT2D eigenvalue weighted by atomic mass is 9.91. The molecule has 4 aromatic heterocycles. The van der Waals surface area contributed by atoms with Crippen LogP contribution in [0.5, 0.6) is 0 Å². The molecular formula is C37H34N4O4S2. The molecule has 2 unspecified atom stereocenters. The number of carbonyl (C=O) groups excluding carboxylic acids is 1. The number of nitrogens with zero attached hydrogens (tertiary/aromatic N) is 2. The van der Waals surface area contributed by atoms with Crippen LogP contribution in [0.3, 0.4) is 0 Å². The number of nitrogens with one attached hydrogen (secondary N) is 2. The molecule has 0 radical (unpaired) electrons. The molecule has 2 atom stereocenters. The van der Waals surface area contributed by atoms with Gasteiger partial charge >= 0.3 is 11.9 Å². The smallest absolute Gasteiger partial charge is 0.340 e. The van der Waals surface area contributed by atoms with E-state index < -0.39 is 5.97 Å². The van der Waals surface area contributed by atoms with Crippen LogP contribution in [0, 0.1) is 0 Å². The highest BCUT2D eigenvalue weighted by molar-refractivity contribution is 7.99. The number of rotatable bonds is 6. The number of fused-ring (bicyclic) bond motifs is 4. The number of hydrogen-bond acceptors (Lipinski definition) is 7. The van der Waals surface area contributed by atoms with Crippen LogP contribution in [0.4, 0.5) is 0 Å². The molecule has 6 aromatic rings. The highest BCUT2D eigenvalue weighted by Gasteiger charge is 2.23. The highest BCUT2D eigenvalue weighted by Crippen LogP contribution is 2.40. The summed E-state index contributed by atoms with van der Waals surface area (Å²) in [6.07, 6.45) is 7.31. The third kappa shape index (κ3) is 6.53. The standard InChI is InChI=1S/C19H18N2O2S.C18H16N2O2S/c1-23-19(22)15-6-8-20-16-11-13(21-18(15)16)10-12-7-9-24-17-5-3-2-4-14(12)17;21-18(22)14-5-7-19-15-10-12(20-17(14)15)9-11-6-8-23-16-4-2-1-3-13(11)16/h2-6,8,11-12,21H,7,9-10H2,1H3;1-5,7,10-11,20H,6,8-9H2,(H,21,22). The number of aromatic amines is 2. The van der Waals surface area contributed by atoms with Crippen molar-refractivity contribution in [2.45, 2.75) is 47.3 Å². The van der Waals surface area contributed by atoms with E-state index in [2.05, 4.69) is 68.5 Å². The Morgan fingerprint density at radius 3 is 1.77 bits per heavy atom. The summed E-state index contributed by atoms with van der Waals surface area (Å²) < 4.78 is 4.86. The second-order valence-electron chi connectivity index (χ2n) is 11.8. The van der Waals surface area contributed by atoms with Crippen LogP contribution in [-0.4, -0.2) is 55.6 Å². The predicted octanol–water partition coefficient (Wildman–Crippen LogP) is 8.25. The molecule has 0 bridgehead atoms. The summed E-state index contributed by atoms with van der Waals surface area (Å²) in [7, 11) is 1.40. The molecule has 3 N–H and O–H groups in total. The molecule has 238 valence electrons. The van der Waals surface area contributed by atoms with E-state index in [-0.39, 0.29) is 11.5 Å². The second kappa shape index (κ2) is 13.7. The number of thioether (sulfide) groups is 2. The Kier molecular flexibility index (Phi) is 9.04. The molecule has 0 aliphatic carbocycles. The molecule has 8 nitrogen and oxygen atoms in total. The number of pyridine rings is 2. The fourth-order valence-corrected chi connectivity index (χ4v) is 9.02. The molecule has 0 fully saturated rings. The van der Waals surface area contributed by atoms with Gasteiger partial charge in [-0.1, -0.05) is 36.4 Å². The van der Waals surface area contributed by atoms with E-state index in [1.165, 1.54) is 34.1 Å². The summed E-state index contributed by atoms with van der Waals surface area (Å²) in [5.74, 6) is 1.97. The maximum absolute atomic E-state index is 11.9. The Morgan fingerprint density at radius 2 is 1.26 bits per heavy atom. The first kappa shape index (κ1) is 31.1. The Hall–Kier alpha value is -4.54. The number of methoxy groups -OCH3 is 1. The largest absolute Gasteiger partial charge is 0.478 e. The lowest BCUT2D eigenvalue weighted by Gasteiger charge is -2.24. The number of aromatic carboxylic acids is 1. The molecule has 6 heterocycles. The van der Waals surface area contributed by atoms with Crippen LogP contribution in [0.1, 0.15) is 67.9 Å². The average Bonchev–Trinajstić information content (AvgIpc) is 3.71. The molecule has 8 rings (SSSR count). The Balaban J connectivity index is 0.000000150. The van der Waals surface area contributed by atoms with E-state index in [9.17, 15) is 14.7 Å². The van der Waals surface area contributed by atoms with E-state index >= 15 is 0 Å². The Bertz CT molecular complexity index is 2090. The molecule has 2 aromatic carbocycles. The van der Waals surface area contributed by atoms with Gasteiger partial charge in [0.25, 0.3) is 0 Å². The summed E-state index contributed by atoms with van der Waals surface area (Å²) in [6.45, 7) is 0. The van der Waals surface area contributed by atoms with Gasteiger partial charge in [0.1, 0.15) is 0 Å². The molecule has 0 amide bonds. The van der Waals surface area contributed by atoms with E-state index in [0.717, 1.165) is 65.1 Å². The zero-order valence-electron chi connectivity index (χ0n) is 25.9. The third-order valence-corrected chi connectivity index (χ3v) is 11.1. The molecule has 0 saturated carbocycles. The first-order valence-corrected chi connectivity index (χ1v) is 17.6. The van der Waals surface area contributed by atoms with Crippen molar-refractivity contribution in [3.63, 3.8) is 0 Å². The number of hydrogen-bond donors (Lipinski definition) is 3. The lowest BCUT2D eigenvalue weighted by molar-refractivity contribution is 0.0601. The molecule has 10 heteroatoms. The zero-order chi connectivity index (χ0) is 32.3. The quantitative estimate of drug-likeness (QED) is 0.153. The molecule has 0 saturated heterocycles. The predicted molar refractivity (Wildman–Crippen MR) is 187 cm³/mol. The van der Waals surface area contributed by atoms with Crippen molar-refractivity contribution < 1.29 is 19.4 Å². The van der Waals surface area contributed by atoms with Gasteiger partial charge in [0.05, 0.1) is 40.3 Å². The van der Waals surface area contributed by atoms with Gasteiger partial charge in [0.15, 0.2) is 0 Å². The van der Waals surface area contributed by atoms with Gasteiger partial charge in [-0.2, -0.15) is 0 Å². The molecule has 0 spiro atoms. The number of carbonyl (C=O) groups is 2. The van der Waals surface area contributed by atoms with Crippen molar-refractivity contribution in [3.8, 4) is 0 Å². The first-order chi connectivity index (χ1) is 23.0. The third-order valence-electron chi connectivity index (χ3n) is 8.89. The highest BCUT2D eigenvalue weighted by atomic mass is 32.2. The molecule has 2 aliphatic rings. The van der Waals surface area contributed by atoms with Gasteiger partial charge in [-0.3, -0.25) is 9.97 Å². The van der Waals surface area contributed by atoms with Crippen molar-refractivity contribution in [1.82, 2.24) is 19.9 Å². The maximum atomic E-state index is 11.9. The molecular weight excluding hydrogens is 629 g/mol. The van der Waals surface area contributed by atoms with Crippen molar-refractivity contribution >= 4 is 57.5 Å². The zero-order valence-corrected chi connectivity index (χ0v) is 27.5. The van der Waals surface area contributed by atoms with Gasteiger partial charge < -0.3 is 19.8 Å². The van der Waals surface area contributed by atoms with E-state index in [0.29, 0.717) is 22.9 Å². The number of carboxylic acids is 1. The minimum absolute atomic E-state index is 0.279. The minimum atomic E-state index is -0.926. The fraction of sp³-hybridized carbons (Fsp3) is 0.243. The van der Waals surface area contributed by atoms with Gasteiger partial charge in [-0.05, 0) is 96.5 Å². The lowest BCUT2D eigenvalue weighted by Crippen LogP contribution is -2.10. The monoisotopic (exact) mass is 662 g/mol. The van der Waals surface area contributed by atoms with Crippen molar-refractivity contribution in [3.05, 3.63) is 119 Å². The Labute approximate surface area is 280 Å². The number of benzene rings is 2. The number of ether oxygens (including phenoxy) is 1. The average molecular weight is 663 g/mol. The SMILES string of the molecule is COC(=O)c1ccnc2cc(CC3CCSc4ccccc43)[nH]c12.O=C(O)c1ccnc2cc(CC3CCSc4ccccc43)[nH]c12. The molecule has 2 aliphatic heterocycles. The van der Waals surface area contributed by atoms with Crippen LogP contribution in [-0.2, 0) is 17.6 Å². The number of aromatic nitrogens is 4. The van der Waals surface area contributed by atoms with Crippen molar-refractivity contribution in [2.75, 3.05) is 18.6 Å². The summed E-state index contributed by atoms with van der Waals surface area (Å²) in [5, 5.41) is 9.29.